The van der Waals surface area contributed by atoms with Crippen molar-refractivity contribution in [3.8, 4) is 0 Å². The molecule has 0 aliphatic carbocycles. The highest BCUT2D eigenvalue weighted by atomic mass is 35.5. The Morgan fingerprint density at radius 2 is 1.00 bits per heavy atom. The molecule has 0 unspecified atom stereocenters. The second-order valence-corrected chi connectivity index (χ2v) is 18.8. The summed E-state index contributed by atoms with van der Waals surface area (Å²) in [6.07, 6.45) is 0.735. The van der Waals surface area contributed by atoms with E-state index in [0.717, 1.165) is 29.1 Å². The van der Waals surface area contributed by atoms with E-state index in [-0.39, 0.29) is 60.0 Å². The monoisotopic (exact) mass is 870 g/mol. The van der Waals surface area contributed by atoms with Crippen LogP contribution >= 0.6 is 58.0 Å². The van der Waals surface area contributed by atoms with Gasteiger partial charge in [-0.25, -0.2) is 14.4 Å². The molecule has 0 bridgehead atoms. The van der Waals surface area contributed by atoms with Gasteiger partial charge in [-0.3, -0.25) is 0 Å². The van der Waals surface area contributed by atoms with Gasteiger partial charge in [0.05, 0.1) is 43.0 Å². The SMILES string of the molecule is Cc1cc(C)c(N=C(c2c(Cl)c(Cl)c(Cl)c(Cl)c2Cl)N2CCCN(C(=Nc3c(C(C)C)cccc3C(C)C)c3c(C(C)C)cc(C(C)C)cc3C(C)C)C2)c(F)c1. The Balaban J connectivity index is 1.86. The van der Waals surface area contributed by atoms with E-state index in [1.807, 2.05) is 19.9 Å². The average Bonchev–Trinajstić information content (AvgIpc) is 3.15. The minimum absolute atomic E-state index is 0.0425. The molecule has 306 valence electrons. The van der Waals surface area contributed by atoms with E-state index in [9.17, 15) is 0 Å². The second-order valence-electron chi connectivity index (χ2n) is 16.9. The third kappa shape index (κ3) is 9.49. The number of halogens is 6. The lowest BCUT2D eigenvalue weighted by Crippen LogP contribution is -2.50. The van der Waals surface area contributed by atoms with Gasteiger partial charge in [-0.1, -0.05) is 164 Å². The summed E-state index contributed by atoms with van der Waals surface area (Å²) in [6, 6.07) is 14.7. The Morgan fingerprint density at radius 3 is 1.44 bits per heavy atom. The third-order valence-corrected chi connectivity index (χ3v) is 13.0. The Labute approximate surface area is 365 Å². The zero-order chi connectivity index (χ0) is 42.2. The van der Waals surface area contributed by atoms with Crippen LogP contribution < -0.4 is 0 Å². The molecule has 0 amide bonds. The molecule has 4 aromatic rings. The first kappa shape index (κ1) is 45.3. The highest BCUT2D eigenvalue weighted by molar-refractivity contribution is 6.56. The molecule has 0 aromatic heterocycles. The van der Waals surface area contributed by atoms with E-state index in [2.05, 4.69) is 109 Å². The maximum atomic E-state index is 15.9. The Hall–Kier alpha value is -2.80. The largest absolute Gasteiger partial charge is 0.338 e. The van der Waals surface area contributed by atoms with Crippen molar-refractivity contribution < 1.29 is 4.39 Å². The minimum Gasteiger partial charge on any atom is -0.338 e. The highest BCUT2D eigenvalue weighted by Crippen LogP contribution is 2.46. The minimum atomic E-state index is -0.459. The van der Waals surface area contributed by atoms with Crippen LogP contribution in [0.25, 0.3) is 0 Å². The Kier molecular flexibility index (Phi) is 14.8. The lowest BCUT2D eigenvalue weighted by atomic mass is 9.83. The predicted octanol–water partition coefficient (Wildman–Crippen LogP) is 16.1. The van der Waals surface area contributed by atoms with Gasteiger partial charge in [0, 0.05) is 18.7 Å². The van der Waals surface area contributed by atoms with Crippen molar-refractivity contribution in [2.45, 2.75) is 119 Å². The lowest BCUT2D eigenvalue weighted by molar-refractivity contribution is 0.214. The number of para-hydroxylation sites is 1. The van der Waals surface area contributed by atoms with Crippen LogP contribution in [-0.2, 0) is 0 Å². The molecule has 4 nitrogen and oxygen atoms in total. The van der Waals surface area contributed by atoms with Gasteiger partial charge in [0.2, 0.25) is 0 Å². The van der Waals surface area contributed by atoms with Crippen molar-refractivity contribution in [3.05, 3.63) is 123 Å². The molecular formula is C47H56Cl5FN4. The third-order valence-electron chi connectivity index (χ3n) is 10.8. The molecule has 5 rings (SSSR count). The molecule has 0 saturated carbocycles. The molecule has 0 spiro atoms. The van der Waals surface area contributed by atoms with Gasteiger partial charge in [-0.15, -0.1) is 0 Å². The van der Waals surface area contributed by atoms with Crippen LogP contribution in [0.1, 0.15) is 155 Å². The molecule has 1 saturated heterocycles. The molecule has 1 aliphatic heterocycles. The molecule has 1 heterocycles. The zero-order valence-corrected chi connectivity index (χ0v) is 39.1. The fraction of sp³-hybridized carbons (Fsp3) is 0.447. The topological polar surface area (TPSA) is 31.2 Å². The summed E-state index contributed by atoms with van der Waals surface area (Å²) in [5.74, 6) is 2.04. The second kappa shape index (κ2) is 18.6. The lowest BCUT2D eigenvalue weighted by Gasteiger charge is -2.41. The van der Waals surface area contributed by atoms with Gasteiger partial charge >= 0.3 is 0 Å². The summed E-state index contributed by atoms with van der Waals surface area (Å²) in [4.78, 5) is 15.3. The Morgan fingerprint density at radius 1 is 0.561 bits per heavy atom. The van der Waals surface area contributed by atoms with Crippen molar-refractivity contribution >= 4 is 81.1 Å². The van der Waals surface area contributed by atoms with Crippen LogP contribution in [0.2, 0.25) is 25.1 Å². The number of aryl methyl sites for hydroxylation is 2. The number of aliphatic imine (C=N–C) groups is 2. The molecule has 4 aromatic carbocycles. The van der Waals surface area contributed by atoms with Gasteiger partial charge in [-0.2, -0.15) is 0 Å². The molecule has 57 heavy (non-hydrogen) atoms. The molecule has 0 radical (unpaired) electrons. The summed E-state index contributed by atoms with van der Waals surface area (Å²) in [5, 5.41) is 0.319. The van der Waals surface area contributed by atoms with E-state index in [1.54, 1.807) is 0 Å². The van der Waals surface area contributed by atoms with Crippen LogP contribution in [0.15, 0.2) is 52.4 Å². The normalized spacial score (nSPS) is 14.4. The van der Waals surface area contributed by atoms with E-state index in [4.69, 9.17) is 68.0 Å². The number of nitrogens with zero attached hydrogens (tertiary/aromatic N) is 4. The number of hydrogen-bond donors (Lipinski definition) is 0. The van der Waals surface area contributed by atoms with Crippen molar-refractivity contribution in [3.63, 3.8) is 0 Å². The molecule has 1 aliphatic rings. The predicted molar refractivity (Wildman–Crippen MR) is 246 cm³/mol. The summed E-state index contributed by atoms with van der Waals surface area (Å²) in [7, 11) is 0. The first-order chi connectivity index (χ1) is 26.7. The maximum Gasteiger partial charge on any atom is 0.149 e. The summed E-state index contributed by atoms with van der Waals surface area (Å²) < 4.78 is 15.9. The summed E-state index contributed by atoms with van der Waals surface area (Å²) in [5.41, 5.74) is 10.3. The molecule has 0 N–H and O–H groups in total. The van der Waals surface area contributed by atoms with Crippen LogP contribution in [-0.4, -0.2) is 41.2 Å². The smallest absolute Gasteiger partial charge is 0.149 e. The molecule has 10 heteroatoms. The van der Waals surface area contributed by atoms with Crippen LogP contribution in [0.5, 0.6) is 0 Å². The van der Waals surface area contributed by atoms with E-state index < -0.39 is 5.82 Å². The first-order valence-corrected chi connectivity index (χ1v) is 21.9. The van der Waals surface area contributed by atoms with Gasteiger partial charge in [0.25, 0.3) is 0 Å². The quantitative estimate of drug-likeness (QED) is 0.0726. The summed E-state index contributed by atoms with van der Waals surface area (Å²) in [6.45, 7) is 27.8. The number of benzene rings is 4. The number of hydrogen-bond acceptors (Lipinski definition) is 2. The van der Waals surface area contributed by atoms with E-state index >= 15 is 4.39 Å². The number of amidine groups is 2. The van der Waals surface area contributed by atoms with Gasteiger partial charge in [0.15, 0.2) is 0 Å². The van der Waals surface area contributed by atoms with Crippen molar-refractivity contribution in [2.75, 3.05) is 19.8 Å². The van der Waals surface area contributed by atoms with Gasteiger partial charge in [-0.05, 0) is 94.9 Å². The molecule has 1 fully saturated rings. The van der Waals surface area contributed by atoms with Crippen LogP contribution in [0, 0.1) is 19.7 Å². The average molecular weight is 873 g/mol. The maximum absolute atomic E-state index is 15.9. The first-order valence-electron chi connectivity index (χ1n) is 20.0. The standard InChI is InChI=1S/C47H56Cl5FN4/c1-24(2)31-21-34(27(7)8)37(35(22-31)28(9)10)46(55-45-32(25(3)4)15-13-16-33(45)26(5)6)56-17-14-18-57(23-56)47(54-44-30(12)19-29(11)20-36(44)53)38-39(48)41(50)43(52)42(51)40(38)49/h13,15-16,19-22,24-28H,14,17-18,23H2,1-12H3. The van der Waals surface area contributed by atoms with Crippen molar-refractivity contribution in [1.82, 2.24) is 9.80 Å². The van der Waals surface area contributed by atoms with E-state index in [0.29, 0.717) is 37.1 Å². The molecule has 0 atom stereocenters. The summed E-state index contributed by atoms with van der Waals surface area (Å²) >= 11 is 33.9. The fourth-order valence-electron chi connectivity index (χ4n) is 7.63. The van der Waals surface area contributed by atoms with Gasteiger partial charge < -0.3 is 9.80 Å². The Bertz CT molecular complexity index is 2100. The molecular weight excluding hydrogens is 817 g/mol. The van der Waals surface area contributed by atoms with Crippen LogP contribution in [0.3, 0.4) is 0 Å². The highest BCUT2D eigenvalue weighted by Gasteiger charge is 2.33. The van der Waals surface area contributed by atoms with Crippen molar-refractivity contribution in [2.24, 2.45) is 9.98 Å². The number of rotatable bonds is 9. The van der Waals surface area contributed by atoms with Crippen LogP contribution in [0.4, 0.5) is 15.8 Å². The van der Waals surface area contributed by atoms with Crippen molar-refractivity contribution in [1.29, 1.82) is 0 Å². The fourth-order valence-corrected chi connectivity index (χ4v) is 8.94. The van der Waals surface area contributed by atoms with Gasteiger partial charge in [0.1, 0.15) is 23.2 Å². The van der Waals surface area contributed by atoms with E-state index in [1.165, 1.54) is 33.9 Å². The zero-order valence-electron chi connectivity index (χ0n) is 35.3.